The predicted molar refractivity (Wildman–Crippen MR) is 80.5 cm³/mol. The molecule has 19 heavy (non-hydrogen) atoms. The van der Waals surface area contributed by atoms with Crippen LogP contribution in [-0.4, -0.2) is 17.3 Å². The smallest absolute Gasteiger partial charge is 0.124 e. The van der Waals surface area contributed by atoms with Gasteiger partial charge >= 0.3 is 0 Å². The molecule has 1 saturated carbocycles. The van der Waals surface area contributed by atoms with Gasteiger partial charge in [0, 0.05) is 4.47 Å². The van der Waals surface area contributed by atoms with Crippen LogP contribution in [0, 0.1) is 0 Å². The maximum Gasteiger partial charge on any atom is 0.124 e. The molecule has 2 atom stereocenters. The third-order valence-electron chi connectivity index (χ3n) is 3.73. The van der Waals surface area contributed by atoms with Gasteiger partial charge in [-0.15, -0.1) is 0 Å². The Morgan fingerprint density at radius 2 is 1.74 bits per heavy atom. The lowest BCUT2D eigenvalue weighted by molar-refractivity contribution is 0.00694. The second kappa shape index (κ2) is 5.51. The molecule has 0 amide bonds. The zero-order valence-electron chi connectivity index (χ0n) is 10.7. The Hall–Kier alpha value is -1.06. The summed E-state index contributed by atoms with van der Waals surface area (Å²) >= 11 is 3.47. The van der Waals surface area contributed by atoms with Gasteiger partial charge in [-0.3, -0.25) is 0 Å². The molecule has 1 N–H and O–H groups in total. The Morgan fingerprint density at radius 1 is 1.00 bits per heavy atom. The molecule has 0 aromatic heterocycles. The first-order chi connectivity index (χ1) is 9.22. The van der Waals surface area contributed by atoms with Gasteiger partial charge in [0.1, 0.15) is 11.9 Å². The number of hydrogen-bond donors (Lipinski definition) is 1. The third-order valence-corrected chi connectivity index (χ3v) is 4.22. The largest absolute Gasteiger partial charge is 0.488 e. The van der Waals surface area contributed by atoms with Crippen LogP contribution in [0.2, 0.25) is 0 Å². The second-order valence-corrected chi connectivity index (χ2v) is 6.08. The summed E-state index contributed by atoms with van der Waals surface area (Å²) in [5.41, 5.74) is 0. The van der Waals surface area contributed by atoms with E-state index in [0.29, 0.717) is 0 Å². The molecular formula is C16H17BrO2. The van der Waals surface area contributed by atoms with Crippen molar-refractivity contribution in [3.63, 3.8) is 0 Å². The van der Waals surface area contributed by atoms with Gasteiger partial charge in [0.2, 0.25) is 0 Å². The van der Waals surface area contributed by atoms with Gasteiger partial charge in [0.25, 0.3) is 0 Å². The third kappa shape index (κ3) is 2.93. The zero-order chi connectivity index (χ0) is 13.2. The Labute approximate surface area is 121 Å². The average molecular weight is 321 g/mol. The van der Waals surface area contributed by atoms with Crippen molar-refractivity contribution in [2.75, 3.05) is 0 Å². The molecule has 0 unspecified atom stereocenters. The number of rotatable bonds is 2. The standard InChI is InChI=1S/C16H17BrO2/c17-13-7-5-12-10-14(8-6-11(12)9-13)19-16-4-2-1-3-15(16)18/h5-10,15-16,18H,1-4H2/t15-,16-/m1/s1. The van der Waals surface area contributed by atoms with Gasteiger partial charge in [-0.1, -0.05) is 34.5 Å². The minimum atomic E-state index is -0.325. The summed E-state index contributed by atoms with van der Waals surface area (Å²) in [5, 5.41) is 12.3. The highest BCUT2D eigenvalue weighted by molar-refractivity contribution is 9.10. The number of aliphatic hydroxyl groups excluding tert-OH is 1. The van der Waals surface area contributed by atoms with Crippen LogP contribution in [0.5, 0.6) is 5.75 Å². The summed E-state index contributed by atoms with van der Waals surface area (Å²) in [6.45, 7) is 0. The van der Waals surface area contributed by atoms with Crippen molar-refractivity contribution in [3.05, 3.63) is 40.9 Å². The highest BCUT2D eigenvalue weighted by Crippen LogP contribution is 2.27. The van der Waals surface area contributed by atoms with Crippen LogP contribution in [0.15, 0.2) is 40.9 Å². The molecule has 1 aliphatic rings. The first kappa shape index (κ1) is 12.9. The molecule has 0 heterocycles. The van der Waals surface area contributed by atoms with E-state index in [1.807, 2.05) is 18.2 Å². The van der Waals surface area contributed by atoms with Crippen molar-refractivity contribution < 1.29 is 9.84 Å². The molecule has 0 radical (unpaired) electrons. The monoisotopic (exact) mass is 320 g/mol. The quantitative estimate of drug-likeness (QED) is 0.894. The van der Waals surface area contributed by atoms with Gasteiger partial charge in [-0.05, 0) is 54.3 Å². The summed E-state index contributed by atoms with van der Waals surface area (Å²) in [4.78, 5) is 0. The van der Waals surface area contributed by atoms with Gasteiger partial charge < -0.3 is 9.84 Å². The number of benzene rings is 2. The van der Waals surface area contributed by atoms with Crippen LogP contribution in [0.1, 0.15) is 25.7 Å². The Kier molecular flexibility index (Phi) is 3.76. The highest BCUT2D eigenvalue weighted by Gasteiger charge is 2.24. The predicted octanol–water partition coefficient (Wildman–Crippen LogP) is 4.28. The fraction of sp³-hybridized carbons (Fsp3) is 0.375. The summed E-state index contributed by atoms with van der Waals surface area (Å²) in [6, 6.07) is 12.3. The van der Waals surface area contributed by atoms with Crippen molar-refractivity contribution in [1.82, 2.24) is 0 Å². The van der Waals surface area contributed by atoms with E-state index < -0.39 is 0 Å². The second-order valence-electron chi connectivity index (χ2n) is 5.16. The van der Waals surface area contributed by atoms with Crippen molar-refractivity contribution >= 4 is 26.7 Å². The van der Waals surface area contributed by atoms with E-state index >= 15 is 0 Å². The number of ether oxygens (including phenoxy) is 1. The van der Waals surface area contributed by atoms with E-state index in [1.165, 1.54) is 5.39 Å². The molecule has 100 valence electrons. The molecule has 2 aromatic carbocycles. The lowest BCUT2D eigenvalue weighted by Gasteiger charge is -2.28. The lowest BCUT2D eigenvalue weighted by Crippen LogP contribution is -2.34. The zero-order valence-corrected chi connectivity index (χ0v) is 12.3. The first-order valence-corrected chi connectivity index (χ1v) is 7.56. The van der Waals surface area contributed by atoms with Crippen LogP contribution in [0.4, 0.5) is 0 Å². The molecule has 0 spiro atoms. The van der Waals surface area contributed by atoms with Crippen LogP contribution < -0.4 is 4.74 Å². The van der Waals surface area contributed by atoms with Crippen LogP contribution in [-0.2, 0) is 0 Å². The van der Waals surface area contributed by atoms with Gasteiger partial charge in [-0.25, -0.2) is 0 Å². The van der Waals surface area contributed by atoms with E-state index in [0.717, 1.165) is 41.3 Å². The number of fused-ring (bicyclic) bond motifs is 1. The molecule has 3 heteroatoms. The van der Waals surface area contributed by atoms with E-state index in [-0.39, 0.29) is 12.2 Å². The molecule has 2 aromatic rings. The number of halogens is 1. The molecule has 1 fully saturated rings. The van der Waals surface area contributed by atoms with Crippen molar-refractivity contribution in [3.8, 4) is 5.75 Å². The average Bonchev–Trinajstić information content (AvgIpc) is 2.41. The Morgan fingerprint density at radius 3 is 2.58 bits per heavy atom. The molecule has 1 aliphatic carbocycles. The maximum absolute atomic E-state index is 9.95. The Balaban J connectivity index is 1.83. The van der Waals surface area contributed by atoms with Gasteiger partial charge in [0.05, 0.1) is 6.10 Å². The summed E-state index contributed by atoms with van der Waals surface area (Å²) in [7, 11) is 0. The first-order valence-electron chi connectivity index (χ1n) is 6.76. The van der Waals surface area contributed by atoms with E-state index in [2.05, 4.69) is 34.1 Å². The van der Waals surface area contributed by atoms with E-state index in [9.17, 15) is 5.11 Å². The number of hydrogen-bond acceptors (Lipinski definition) is 2. The van der Waals surface area contributed by atoms with Crippen LogP contribution in [0.25, 0.3) is 10.8 Å². The van der Waals surface area contributed by atoms with Gasteiger partial charge in [0.15, 0.2) is 0 Å². The molecular weight excluding hydrogens is 304 g/mol. The van der Waals surface area contributed by atoms with Gasteiger partial charge in [-0.2, -0.15) is 0 Å². The molecule has 0 bridgehead atoms. The summed E-state index contributed by atoms with van der Waals surface area (Å²) in [6.07, 6.45) is 3.66. The SMILES string of the molecule is O[C@@H]1CCCC[C@H]1Oc1ccc2cc(Br)ccc2c1. The van der Waals surface area contributed by atoms with Crippen LogP contribution in [0.3, 0.4) is 0 Å². The molecule has 0 aliphatic heterocycles. The maximum atomic E-state index is 9.95. The highest BCUT2D eigenvalue weighted by atomic mass is 79.9. The van der Waals surface area contributed by atoms with Crippen LogP contribution >= 0.6 is 15.9 Å². The minimum absolute atomic E-state index is 0.0540. The number of aliphatic hydroxyl groups is 1. The molecule has 0 saturated heterocycles. The Bertz CT molecular complexity index is 582. The van der Waals surface area contributed by atoms with Crippen molar-refractivity contribution in [2.45, 2.75) is 37.9 Å². The van der Waals surface area contributed by atoms with Crippen molar-refractivity contribution in [2.24, 2.45) is 0 Å². The van der Waals surface area contributed by atoms with E-state index in [4.69, 9.17) is 4.74 Å². The topological polar surface area (TPSA) is 29.5 Å². The normalized spacial score (nSPS) is 23.5. The van der Waals surface area contributed by atoms with Crippen molar-refractivity contribution in [1.29, 1.82) is 0 Å². The summed E-state index contributed by atoms with van der Waals surface area (Å²) < 4.78 is 7.02. The summed E-state index contributed by atoms with van der Waals surface area (Å²) in [5.74, 6) is 0.848. The van der Waals surface area contributed by atoms with E-state index in [1.54, 1.807) is 0 Å². The molecule has 3 rings (SSSR count). The fourth-order valence-electron chi connectivity index (χ4n) is 2.66. The lowest BCUT2D eigenvalue weighted by atomic mass is 9.95. The fourth-order valence-corrected chi connectivity index (χ4v) is 3.04. The minimum Gasteiger partial charge on any atom is -0.488 e. The molecule has 2 nitrogen and oxygen atoms in total.